The van der Waals surface area contributed by atoms with Crippen molar-refractivity contribution in [3.8, 4) is 0 Å². The lowest BCUT2D eigenvalue weighted by atomic mass is 9.95. The monoisotopic (exact) mass is 297 g/mol. The Morgan fingerprint density at radius 1 is 1.50 bits per heavy atom. The van der Waals surface area contributed by atoms with Gasteiger partial charge in [-0.25, -0.2) is 4.98 Å². The number of nitrogens with one attached hydrogen (secondary N) is 1. The van der Waals surface area contributed by atoms with Crippen molar-refractivity contribution in [3.63, 3.8) is 0 Å². The average Bonchev–Trinajstić information content (AvgIpc) is 3.02. The largest absolute Gasteiger partial charge is 0.383 e. The quantitative estimate of drug-likeness (QED) is 0.785. The fraction of sp³-hybridized carbons (Fsp3) is 0.800. The molecule has 0 spiro atoms. The molecule has 1 N–H and O–H groups in total. The van der Waals surface area contributed by atoms with Crippen LogP contribution in [0, 0.1) is 18.8 Å². The van der Waals surface area contributed by atoms with E-state index in [1.54, 1.807) is 7.11 Å². The van der Waals surface area contributed by atoms with E-state index < -0.39 is 0 Å². The van der Waals surface area contributed by atoms with Crippen molar-refractivity contribution in [2.24, 2.45) is 11.8 Å². The lowest BCUT2D eigenvalue weighted by Gasteiger charge is -2.16. The second kappa shape index (κ2) is 7.38. The van der Waals surface area contributed by atoms with Crippen LogP contribution in [0.4, 0.5) is 5.13 Å². The van der Waals surface area contributed by atoms with Crippen molar-refractivity contribution in [2.75, 3.05) is 38.3 Å². The average molecular weight is 297 g/mol. The molecule has 2 rings (SSSR count). The van der Waals surface area contributed by atoms with Crippen LogP contribution in [0.3, 0.4) is 0 Å². The number of methoxy groups -OCH3 is 1. The maximum Gasteiger partial charge on any atom is 0.185 e. The predicted molar refractivity (Wildman–Crippen MR) is 85.6 cm³/mol. The van der Waals surface area contributed by atoms with Crippen LogP contribution in [0.1, 0.15) is 30.8 Å². The van der Waals surface area contributed by atoms with Gasteiger partial charge in [-0.3, -0.25) is 0 Å². The minimum absolute atomic E-state index is 0.757. The first-order valence-corrected chi connectivity index (χ1v) is 8.34. The van der Waals surface area contributed by atoms with E-state index in [1.165, 1.54) is 28.7 Å². The van der Waals surface area contributed by atoms with E-state index in [1.807, 2.05) is 11.3 Å². The zero-order valence-corrected chi connectivity index (χ0v) is 13.9. The Morgan fingerprint density at radius 2 is 2.30 bits per heavy atom. The third kappa shape index (κ3) is 3.93. The number of nitrogens with zero attached hydrogens (tertiary/aromatic N) is 2. The van der Waals surface area contributed by atoms with Crippen molar-refractivity contribution in [1.82, 2.24) is 10.3 Å². The Bertz CT molecular complexity index is 419. The molecule has 1 aliphatic heterocycles. The number of anilines is 1. The van der Waals surface area contributed by atoms with E-state index in [9.17, 15) is 0 Å². The topological polar surface area (TPSA) is 37.4 Å². The molecule has 2 heterocycles. The Labute approximate surface area is 126 Å². The lowest BCUT2D eigenvalue weighted by molar-refractivity contribution is 0.199. The molecule has 1 fully saturated rings. The number of aryl methyl sites for hydroxylation is 1. The fourth-order valence-corrected chi connectivity index (χ4v) is 3.66. The van der Waals surface area contributed by atoms with Crippen molar-refractivity contribution in [3.05, 3.63) is 10.6 Å². The standard InChI is InChI=1S/C15H27N3OS/c1-11(2)13-5-7-18(10-13)15-17-12(3)14(20-15)9-16-6-8-19-4/h11,13,16H,5-10H2,1-4H3. The highest BCUT2D eigenvalue weighted by Crippen LogP contribution is 2.32. The zero-order chi connectivity index (χ0) is 14.5. The summed E-state index contributed by atoms with van der Waals surface area (Å²) in [6.07, 6.45) is 1.30. The summed E-state index contributed by atoms with van der Waals surface area (Å²) in [6.45, 7) is 11.6. The minimum Gasteiger partial charge on any atom is -0.383 e. The molecule has 4 nitrogen and oxygen atoms in total. The number of thiazole rings is 1. The van der Waals surface area contributed by atoms with E-state index >= 15 is 0 Å². The first kappa shape index (κ1) is 15.7. The van der Waals surface area contributed by atoms with Crippen LogP contribution < -0.4 is 10.2 Å². The number of aromatic nitrogens is 1. The van der Waals surface area contributed by atoms with Gasteiger partial charge in [0.15, 0.2) is 5.13 Å². The van der Waals surface area contributed by atoms with Crippen molar-refractivity contribution >= 4 is 16.5 Å². The summed E-state index contributed by atoms with van der Waals surface area (Å²) in [5.41, 5.74) is 1.17. The van der Waals surface area contributed by atoms with E-state index in [0.717, 1.165) is 38.1 Å². The zero-order valence-electron chi connectivity index (χ0n) is 13.1. The first-order chi connectivity index (χ1) is 9.61. The van der Waals surface area contributed by atoms with Crippen molar-refractivity contribution in [2.45, 2.75) is 33.7 Å². The van der Waals surface area contributed by atoms with E-state index in [4.69, 9.17) is 9.72 Å². The Balaban J connectivity index is 1.90. The summed E-state index contributed by atoms with van der Waals surface area (Å²) < 4.78 is 5.05. The molecule has 5 heteroatoms. The third-order valence-electron chi connectivity index (χ3n) is 4.09. The van der Waals surface area contributed by atoms with Gasteiger partial charge in [-0.1, -0.05) is 13.8 Å². The van der Waals surface area contributed by atoms with Crippen LogP contribution in [0.5, 0.6) is 0 Å². The first-order valence-electron chi connectivity index (χ1n) is 7.52. The summed E-state index contributed by atoms with van der Waals surface area (Å²) in [6, 6.07) is 0. The van der Waals surface area contributed by atoms with Gasteiger partial charge in [0.25, 0.3) is 0 Å². The molecule has 1 saturated heterocycles. The molecule has 1 aromatic rings. The van der Waals surface area contributed by atoms with Crippen LogP contribution >= 0.6 is 11.3 Å². The van der Waals surface area contributed by atoms with Crippen LogP contribution in [0.25, 0.3) is 0 Å². The van der Waals surface area contributed by atoms with Crippen LogP contribution in [0.15, 0.2) is 0 Å². The number of rotatable bonds is 7. The molecule has 0 aromatic carbocycles. The molecule has 114 valence electrons. The van der Waals surface area contributed by atoms with Gasteiger partial charge < -0.3 is 15.0 Å². The Kier molecular flexibility index (Phi) is 5.81. The molecular weight excluding hydrogens is 270 g/mol. The summed E-state index contributed by atoms with van der Waals surface area (Å²) in [5, 5.41) is 4.60. The Hall–Kier alpha value is -0.650. The normalized spacial score (nSPS) is 19.2. The highest BCUT2D eigenvalue weighted by atomic mass is 32.1. The molecule has 0 aliphatic carbocycles. The van der Waals surface area contributed by atoms with E-state index in [2.05, 4.69) is 31.0 Å². The molecule has 20 heavy (non-hydrogen) atoms. The van der Waals surface area contributed by atoms with Gasteiger partial charge in [-0.15, -0.1) is 11.3 Å². The van der Waals surface area contributed by atoms with Crippen molar-refractivity contribution in [1.29, 1.82) is 0 Å². The minimum atomic E-state index is 0.757. The van der Waals surface area contributed by atoms with Crippen molar-refractivity contribution < 1.29 is 4.74 Å². The van der Waals surface area contributed by atoms with Gasteiger partial charge in [-0.2, -0.15) is 0 Å². The number of hydrogen-bond acceptors (Lipinski definition) is 5. The summed E-state index contributed by atoms with van der Waals surface area (Å²) in [4.78, 5) is 8.57. The molecule has 0 radical (unpaired) electrons. The fourth-order valence-electron chi connectivity index (χ4n) is 2.59. The van der Waals surface area contributed by atoms with Gasteiger partial charge in [0.05, 0.1) is 12.3 Å². The molecule has 0 bridgehead atoms. The smallest absolute Gasteiger partial charge is 0.185 e. The highest BCUT2D eigenvalue weighted by Gasteiger charge is 2.27. The predicted octanol–water partition coefficient (Wildman–Crippen LogP) is 2.67. The van der Waals surface area contributed by atoms with Gasteiger partial charge >= 0.3 is 0 Å². The second-order valence-corrected chi connectivity index (χ2v) is 6.98. The second-order valence-electron chi connectivity index (χ2n) is 5.91. The molecular formula is C15H27N3OS. The van der Waals surface area contributed by atoms with Gasteiger partial charge in [-0.05, 0) is 25.2 Å². The summed E-state index contributed by atoms with van der Waals surface area (Å²) >= 11 is 1.84. The van der Waals surface area contributed by atoms with E-state index in [-0.39, 0.29) is 0 Å². The summed E-state index contributed by atoms with van der Waals surface area (Å²) in [7, 11) is 1.73. The van der Waals surface area contributed by atoms with Gasteiger partial charge in [0, 0.05) is 38.2 Å². The maximum absolute atomic E-state index is 5.05. The summed E-state index contributed by atoms with van der Waals surface area (Å²) in [5.74, 6) is 1.60. The molecule has 0 saturated carbocycles. The molecule has 1 aliphatic rings. The van der Waals surface area contributed by atoms with Crippen LogP contribution in [-0.2, 0) is 11.3 Å². The van der Waals surface area contributed by atoms with Crippen LogP contribution in [-0.4, -0.2) is 38.3 Å². The third-order valence-corrected chi connectivity index (χ3v) is 5.31. The molecule has 1 unspecified atom stereocenters. The van der Waals surface area contributed by atoms with E-state index in [0.29, 0.717) is 0 Å². The SMILES string of the molecule is COCCNCc1sc(N2CCC(C(C)C)C2)nc1C. The van der Waals surface area contributed by atoms with Crippen LogP contribution in [0.2, 0.25) is 0 Å². The number of ether oxygens (including phenoxy) is 1. The van der Waals surface area contributed by atoms with Gasteiger partial charge in [0.1, 0.15) is 0 Å². The highest BCUT2D eigenvalue weighted by molar-refractivity contribution is 7.15. The molecule has 0 amide bonds. The number of hydrogen-bond donors (Lipinski definition) is 1. The lowest BCUT2D eigenvalue weighted by Crippen LogP contribution is -2.20. The molecule has 1 atom stereocenters. The van der Waals surface area contributed by atoms with Gasteiger partial charge in [0.2, 0.25) is 0 Å². The maximum atomic E-state index is 5.05. The Morgan fingerprint density at radius 3 is 2.95 bits per heavy atom. The molecule has 1 aromatic heterocycles.